The molecule has 1 aromatic carbocycles. The van der Waals surface area contributed by atoms with Crippen LogP contribution < -0.4 is 4.74 Å². The third-order valence-corrected chi connectivity index (χ3v) is 4.57. The zero-order valence-corrected chi connectivity index (χ0v) is 11.7. The number of aryl methyl sites for hydroxylation is 1. The van der Waals surface area contributed by atoms with Crippen LogP contribution in [0.15, 0.2) is 12.1 Å². The largest absolute Gasteiger partial charge is 0.504 e. The molecule has 1 aliphatic heterocycles. The Bertz CT molecular complexity index is 465. The number of aromatic hydroxyl groups is 1. The number of rotatable bonds is 3. The molecule has 1 N–H and O–H groups in total. The fraction of sp³-hybridized carbons (Fsp3) is 0.625. The Labute approximate surface area is 114 Å². The van der Waals surface area contributed by atoms with E-state index in [4.69, 9.17) is 9.47 Å². The number of benzene rings is 1. The topological polar surface area (TPSA) is 38.7 Å². The van der Waals surface area contributed by atoms with Crippen LogP contribution in [-0.4, -0.2) is 24.4 Å². The Morgan fingerprint density at radius 3 is 3.00 bits per heavy atom. The molecule has 0 radical (unpaired) electrons. The molecule has 19 heavy (non-hydrogen) atoms. The molecule has 2 unspecified atom stereocenters. The van der Waals surface area contributed by atoms with Gasteiger partial charge in [0, 0.05) is 18.6 Å². The average Bonchev–Trinajstić information content (AvgIpc) is 2.66. The van der Waals surface area contributed by atoms with Crippen molar-refractivity contribution in [3.05, 3.63) is 23.3 Å². The first-order valence-electron chi connectivity index (χ1n) is 7.30. The van der Waals surface area contributed by atoms with Gasteiger partial charge in [0.05, 0.1) is 6.10 Å². The number of methoxy groups -OCH3 is 1. The average molecular weight is 262 g/mol. The fourth-order valence-electron chi connectivity index (χ4n) is 3.62. The van der Waals surface area contributed by atoms with Gasteiger partial charge < -0.3 is 14.6 Å². The zero-order valence-electron chi connectivity index (χ0n) is 11.7. The van der Waals surface area contributed by atoms with Crippen molar-refractivity contribution in [1.82, 2.24) is 0 Å². The third kappa shape index (κ3) is 2.00. The van der Waals surface area contributed by atoms with Crippen LogP contribution in [0.5, 0.6) is 11.5 Å². The lowest BCUT2D eigenvalue weighted by Gasteiger charge is -2.25. The number of hydrogen-bond donors (Lipinski definition) is 1. The maximum atomic E-state index is 10.1. The number of hydrogen-bond acceptors (Lipinski definition) is 3. The molecular formula is C16H22O3. The summed E-state index contributed by atoms with van der Waals surface area (Å²) in [7, 11) is 1.75. The lowest BCUT2D eigenvalue weighted by Crippen LogP contribution is -2.34. The molecule has 1 aliphatic carbocycles. The smallest absolute Gasteiger partial charge is 0.165 e. The number of phenolic OH excluding ortho intramolecular Hbond substituents is 1. The highest BCUT2D eigenvalue weighted by Gasteiger charge is 2.42. The molecule has 0 spiro atoms. The van der Waals surface area contributed by atoms with Crippen molar-refractivity contribution in [2.75, 3.05) is 7.11 Å². The van der Waals surface area contributed by atoms with E-state index in [0.29, 0.717) is 11.7 Å². The molecule has 3 atom stereocenters. The summed E-state index contributed by atoms with van der Waals surface area (Å²) >= 11 is 0. The Morgan fingerprint density at radius 2 is 2.26 bits per heavy atom. The van der Waals surface area contributed by atoms with Gasteiger partial charge >= 0.3 is 0 Å². The Morgan fingerprint density at radius 1 is 1.42 bits per heavy atom. The van der Waals surface area contributed by atoms with Crippen LogP contribution in [0.4, 0.5) is 0 Å². The Kier molecular flexibility index (Phi) is 3.40. The highest BCUT2D eigenvalue weighted by Crippen LogP contribution is 2.50. The van der Waals surface area contributed by atoms with Crippen molar-refractivity contribution in [1.29, 1.82) is 0 Å². The summed E-state index contributed by atoms with van der Waals surface area (Å²) in [6.45, 7) is 2.12. The van der Waals surface area contributed by atoms with E-state index in [0.717, 1.165) is 19.3 Å². The van der Waals surface area contributed by atoms with Gasteiger partial charge in [-0.3, -0.25) is 0 Å². The summed E-state index contributed by atoms with van der Waals surface area (Å²) in [6.07, 6.45) is 5.76. The normalized spacial score (nSPS) is 26.4. The van der Waals surface area contributed by atoms with Crippen LogP contribution >= 0.6 is 0 Å². The maximum Gasteiger partial charge on any atom is 0.165 e. The van der Waals surface area contributed by atoms with Crippen molar-refractivity contribution >= 4 is 0 Å². The first-order valence-corrected chi connectivity index (χ1v) is 7.30. The lowest BCUT2D eigenvalue weighted by atomic mass is 9.87. The van der Waals surface area contributed by atoms with Gasteiger partial charge in [0.1, 0.15) is 6.10 Å². The monoisotopic (exact) mass is 262 g/mol. The van der Waals surface area contributed by atoms with E-state index in [1.807, 2.05) is 0 Å². The minimum absolute atomic E-state index is 0.0511. The van der Waals surface area contributed by atoms with Crippen LogP contribution in [0.3, 0.4) is 0 Å². The van der Waals surface area contributed by atoms with Crippen LogP contribution in [0.25, 0.3) is 0 Å². The Hall–Kier alpha value is -1.22. The lowest BCUT2D eigenvalue weighted by molar-refractivity contribution is -0.00263. The molecule has 0 fully saturated rings. The van der Waals surface area contributed by atoms with Gasteiger partial charge in [-0.05, 0) is 37.3 Å². The molecule has 104 valence electrons. The van der Waals surface area contributed by atoms with Crippen molar-refractivity contribution in [2.24, 2.45) is 0 Å². The minimum atomic E-state index is 0.0511. The van der Waals surface area contributed by atoms with Gasteiger partial charge in [0.2, 0.25) is 0 Å². The molecule has 0 amide bonds. The quantitative estimate of drug-likeness (QED) is 0.907. The minimum Gasteiger partial charge on any atom is -0.504 e. The molecule has 0 bridgehead atoms. The third-order valence-electron chi connectivity index (χ3n) is 4.57. The Balaban J connectivity index is 2.04. The van der Waals surface area contributed by atoms with Gasteiger partial charge in [0.15, 0.2) is 11.5 Å². The molecule has 0 saturated carbocycles. The summed E-state index contributed by atoms with van der Waals surface area (Å²) in [5, 5.41) is 10.1. The number of phenols is 1. The summed E-state index contributed by atoms with van der Waals surface area (Å²) in [6, 6.07) is 3.83. The van der Waals surface area contributed by atoms with Gasteiger partial charge in [-0.25, -0.2) is 0 Å². The van der Waals surface area contributed by atoms with Crippen molar-refractivity contribution in [3.63, 3.8) is 0 Å². The fourth-order valence-corrected chi connectivity index (χ4v) is 3.62. The van der Waals surface area contributed by atoms with Crippen LogP contribution in [-0.2, 0) is 11.2 Å². The predicted molar refractivity (Wildman–Crippen MR) is 73.9 cm³/mol. The van der Waals surface area contributed by atoms with Gasteiger partial charge in [-0.1, -0.05) is 19.4 Å². The molecule has 3 heteroatoms. The second-order valence-electron chi connectivity index (χ2n) is 5.60. The first-order chi connectivity index (χ1) is 9.26. The molecule has 0 saturated heterocycles. The second kappa shape index (κ2) is 5.04. The van der Waals surface area contributed by atoms with Gasteiger partial charge in [0.25, 0.3) is 0 Å². The molecular weight excluding hydrogens is 240 g/mol. The molecule has 3 rings (SSSR count). The van der Waals surface area contributed by atoms with E-state index < -0.39 is 0 Å². The van der Waals surface area contributed by atoms with Crippen LogP contribution in [0.2, 0.25) is 0 Å². The van der Waals surface area contributed by atoms with Crippen LogP contribution in [0, 0.1) is 0 Å². The number of ether oxygens (including phenoxy) is 2. The molecule has 3 nitrogen and oxygen atoms in total. The highest BCUT2D eigenvalue weighted by atomic mass is 16.5. The van der Waals surface area contributed by atoms with E-state index in [1.165, 1.54) is 24.0 Å². The van der Waals surface area contributed by atoms with E-state index in [-0.39, 0.29) is 18.0 Å². The molecule has 1 heterocycles. The highest BCUT2D eigenvalue weighted by molar-refractivity contribution is 5.55. The molecule has 0 aromatic heterocycles. The molecule has 2 aliphatic rings. The van der Waals surface area contributed by atoms with E-state index in [1.54, 1.807) is 13.2 Å². The van der Waals surface area contributed by atoms with E-state index in [2.05, 4.69) is 13.0 Å². The first kappa shape index (κ1) is 12.8. The van der Waals surface area contributed by atoms with Crippen molar-refractivity contribution in [2.45, 2.75) is 57.2 Å². The van der Waals surface area contributed by atoms with Crippen molar-refractivity contribution in [3.8, 4) is 11.5 Å². The summed E-state index contributed by atoms with van der Waals surface area (Å²) < 4.78 is 11.7. The van der Waals surface area contributed by atoms with Gasteiger partial charge in [-0.2, -0.15) is 0 Å². The zero-order chi connectivity index (χ0) is 13.4. The van der Waals surface area contributed by atoms with E-state index in [9.17, 15) is 5.11 Å². The second-order valence-corrected chi connectivity index (χ2v) is 5.60. The summed E-state index contributed by atoms with van der Waals surface area (Å²) in [5.41, 5.74) is 2.60. The maximum absolute atomic E-state index is 10.1. The van der Waals surface area contributed by atoms with Gasteiger partial charge in [-0.15, -0.1) is 0 Å². The van der Waals surface area contributed by atoms with Crippen molar-refractivity contribution < 1.29 is 14.6 Å². The predicted octanol–water partition coefficient (Wildman–Crippen LogP) is 3.39. The summed E-state index contributed by atoms with van der Waals surface area (Å²) in [5.74, 6) is 1.37. The standard InChI is InChI=1S/C16H22O3/c1-3-13(18-2)15-11-7-5-4-6-10-8-9-12(17)16(19-15)14(10)11/h8-9,11,13,15,17H,3-7H2,1-2H3/t11?,13?,15-/m1/s1. The molecule has 1 aromatic rings. The SMILES string of the molecule is CCC(OC)[C@@H]1Oc2c(O)ccc3c2C1CCCC3. The van der Waals surface area contributed by atoms with E-state index >= 15 is 0 Å². The van der Waals surface area contributed by atoms with Crippen LogP contribution in [0.1, 0.15) is 49.7 Å². The summed E-state index contributed by atoms with van der Waals surface area (Å²) in [4.78, 5) is 0.